The highest BCUT2D eigenvalue weighted by atomic mass is 16.6. The maximum Gasteiger partial charge on any atom is 0.299 e. The summed E-state index contributed by atoms with van der Waals surface area (Å²) in [5.41, 5.74) is -0.234. The summed E-state index contributed by atoms with van der Waals surface area (Å²) in [6, 6.07) is 3.58. The van der Waals surface area contributed by atoms with Crippen LogP contribution in [0.2, 0.25) is 0 Å². The van der Waals surface area contributed by atoms with Crippen molar-refractivity contribution in [3.8, 4) is 0 Å². The molecule has 1 aromatic carbocycles. The molecular weight excluding hydrogens is 226 g/mol. The van der Waals surface area contributed by atoms with Crippen LogP contribution in [-0.2, 0) is 0 Å². The van der Waals surface area contributed by atoms with E-state index in [1.165, 1.54) is 12.1 Å². The zero-order valence-corrected chi connectivity index (χ0v) is 9.38. The third-order valence-corrected chi connectivity index (χ3v) is 2.23. The molecule has 0 aliphatic heterocycles. The number of anilines is 1. The molecule has 0 radical (unpaired) electrons. The van der Waals surface area contributed by atoms with Crippen molar-refractivity contribution in [2.24, 2.45) is 0 Å². The van der Waals surface area contributed by atoms with Crippen LogP contribution in [0.5, 0.6) is 0 Å². The van der Waals surface area contributed by atoms with Gasteiger partial charge in [-0.05, 0) is 12.5 Å². The molecule has 1 aromatic rings. The molecule has 0 saturated carbocycles. The van der Waals surface area contributed by atoms with E-state index in [1.54, 1.807) is 0 Å². The molecule has 0 aliphatic carbocycles. The Labute approximate surface area is 97.7 Å². The number of unbranched alkanes of at least 4 members (excludes halogenated alkanes) is 1. The summed E-state index contributed by atoms with van der Waals surface area (Å²) >= 11 is 0. The van der Waals surface area contributed by atoms with Crippen molar-refractivity contribution in [3.63, 3.8) is 0 Å². The van der Waals surface area contributed by atoms with Crippen LogP contribution in [0, 0.1) is 20.2 Å². The third kappa shape index (κ3) is 3.40. The van der Waals surface area contributed by atoms with E-state index in [4.69, 9.17) is 0 Å². The number of nitro groups is 2. The van der Waals surface area contributed by atoms with Crippen molar-refractivity contribution in [2.45, 2.75) is 19.8 Å². The minimum Gasteiger partial charge on any atom is -0.379 e. The van der Waals surface area contributed by atoms with Crippen LogP contribution in [0.4, 0.5) is 17.1 Å². The number of benzene rings is 1. The van der Waals surface area contributed by atoms with Gasteiger partial charge in [0, 0.05) is 12.6 Å². The van der Waals surface area contributed by atoms with Gasteiger partial charge in [0.2, 0.25) is 0 Å². The maximum absolute atomic E-state index is 10.8. The average Bonchev–Trinajstić information content (AvgIpc) is 2.29. The van der Waals surface area contributed by atoms with E-state index < -0.39 is 9.85 Å². The van der Waals surface area contributed by atoms with E-state index in [0.717, 1.165) is 18.9 Å². The summed E-state index contributed by atoms with van der Waals surface area (Å²) < 4.78 is 0. The molecule has 0 amide bonds. The molecule has 0 fully saturated rings. The second-order valence-electron chi connectivity index (χ2n) is 3.50. The Morgan fingerprint density at radius 3 is 2.47 bits per heavy atom. The van der Waals surface area contributed by atoms with Gasteiger partial charge in [-0.3, -0.25) is 20.2 Å². The lowest BCUT2D eigenvalue weighted by Crippen LogP contribution is -2.04. The standard InChI is InChI=1S/C10H13N3O4/c1-2-3-6-11-9-5-4-8(12(14)15)7-10(9)13(16)17/h4-5,7,11H,2-3,6H2,1H3. The number of nitrogens with one attached hydrogen (secondary N) is 1. The summed E-state index contributed by atoms with van der Waals surface area (Å²) in [6.45, 7) is 2.61. The Balaban J connectivity index is 2.96. The highest BCUT2D eigenvalue weighted by Gasteiger charge is 2.18. The number of hydrogen-bond donors (Lipinski definition) is 1. The van der Waals surface area contributed by atoms with Gasteiger partial charge >= 0.3 is 0 Å². The summed E-state index contributed by atoms with van der Waals surface area (Å²) in [6.07, 6.45) is 1.85. The normalized spacial score (nSPS) is 9.94. The molecule has 0 saturated heterocycles. The predicted octanol–water partition coefficient (Wildman–Crippen LogP) is 2.72. The van der Waals surface area contributed by atoms with E-state index in [1.807, 2.05) is 6.92 Å². The van der Waals surface area contributed by atoms with Crippen LogP contribution in [0.1, 0.15) is 19.8 Å². The molecule has 0 spiro atoms. The number of nitrogens with zero attached hydrogens (tertiary/aromatic N) is 2. The summed E-state index contributed by atoms with van der Waals surface area (Å²) in [7, 11) is 0. The van der Waals surface area contributed by atoms with Crippen LogP contribution in [0.25, 0.3) is 0 Å². The monoisotopic (exact) mass is 239 g/mol. The number of nitro benzene ring substituents is 2. The topological polar surface area (TPSA) is 98.3 Å². The first-order valence-corrected chi connectivity index (χ1v) is 5.23. The first-order chi connectivity index (χ1) is 8.06. The smallest absolute Gasteiger partial charge is 0.299 e. The van der Waals surface area contributed by atoms with Crippen molar-refractivity contribution in [1.82, 2.24) is 0 Å². The fourth-order valence-corrected chi connectivity index (χ4v) is 1.33. The van der Waals surface area contributed by atoms with Gasteiger partial charge in [-0.15, -0.1) is 0 Å². The average molecular weight is 239 g/mol. The number of non-ortho nitro benzene ring substituents is 1. The Morgan fingerprint density at radius 2 is 1.94 bits per heavy atom. The molecule has 0 atom stereocenters. The van der Waals surface area contributed by atoms with Gasteiger partial charge < -0.3 is 5.32 Å². The molecule has 1 N–H and O–H groups in total. The minimum absolute atomic E-state index is 0.268. The van der Waals surface area contributed by atoms with Gasteiger partial charge in [-0.1, -0.05) is 13.3 Å². The second kappa shape index (κ2) is 5.78. The van der Waals surface area contributed by atoms with E-state index >= 15 is 0 Å². The molecule has 7 nitrogen and oxygen atoms in total. The lowest BCUT2D eigenvalue weighted by atomic mass is 10.2. The zero-order chi connectivity index (χ0) is 12.8. The van der Waals surface area contributed by atoms with Crippen molar-refractivity contribution < 1.29 is 9.85 Å². The molecule has 0 aromatic heterocycles. The molecule has 1 rings (SSSR count). The molecule has 92 valence electrons. The maximum atomic E-state index is 10.8. The van der Waals surface area contributed by atoms with Gasteiger partial charge in [-0.25, -0.2) is 0 Å². The van der Waals surface area contributed by atoms with E-state index in [2.05, 4.69) is 5.32 Å². The predicted molar refractivity (Wildman–Crippen MR) is 63.1 cm³/mol. The van der Waals surface area contributed by atoms with Gasteiger partial charge in [-0.2, -0.15) is 0 Å². The number of hydrogen-bond acceptors (Lipinski definition) is 5. The van der Waals surface area contributed by atoms with Gasteiger partial charge in [0.05, 0.1) is 15.9 Å². The Bertz CT molecular complexity index is 434. The molecular formula is C10H13N3O4. The van der Waals surface area contributed by atoms with E-state index in [-0.39, 0.29) is 11.4 Å². The van der Waals surface area contributed by atoms with Crippen molar-refractivity contribution >= 4 is 17.1 Å². The Kier molecular flexibility index (Phi) is 4.38. The van der Waals surface area contributed by atoms with Crippen LogP contribution in [0.3, 0.4) is 0 Å². The molecule has 0 unspecified atom stereocenters. The summed E-state index contributed by atoms with van der Waals surface area (Å²) in [4.78, 5) is 20.0. The van der Waals surface area contributed by atoms with Crippen molar-refractivity contribution in [3.05, 3.63) is 38.4 Å². The SMILES string of the molecule is CCCCNc1ccc([N+](=O)[O-])cc1[N+](=O)[O-]. The van der Waals surface area contributed by atoms with Gasteiger partial charge in [0.15, 0.2) is 0 Å². The highest BCUT2D eigenvalue weighted by molar-refractivity contribution is 5.65. The van der Waals surface area contributed by atoms with Crippen LogP contribution in [-0.4, -0.2) is 16.4 Å². The summed E-state index contributed by atoms with van der Waals surface area (Å²) in [5, 5.41) is 24.2. The Hall–Kier alpha value is -2.18. The van der Waals surface area contributed by atoms with Crippen molar-refractivity contribution in [2.75, 3.05) is 11.9 Å². The fourth-order valence-electron chi connectivity index (χ4n) is 1.33. The van der Waals surface area contributed by atoms with E-state index in [9.17, 15) is 20.2 Å². The molecule has 17 heavy (non-hydrogen) atoms. The quantitative estimate of drug-likeness (QED) is 0.467. The molecule has 0 heterocycles. The highest BCUT2D eigenvalue weighted by Crippen LogP contribution is 2.28. The van der Waals surface area contributed by atoms with E-state index in [0.29, 0.717) is 12.2 Å². The molecule has 7 heteroatoms. The molecule has 0 aliphatic rings. The second-order valence-corrected chi connectivity index (χ2v) is 3.50. The Morgan fingerprint density at radius 1 is 1.24 bits per heavy atom. The number of rotatable bonds is 6. The van der Waals surface area contributed by atoms with Crippen LogP contribution >= 0.6 is 0 Å². The van der Waals surface area contributed by atoms with Crippen LogP contribution in [0.15, 0.2) is 18.2 Å². The lowest BCUT2D eigenvalue weighted by Gasteiger charge is -2.05. The largest absolute Gasteiger partial charge is 0.379 e. The third-order valence-electron chi connectivity index (χ3n) is 2.23. The fraction of sp³-hybridized carbons (Fsp3) is 0.400. The first kappa shape index (κ1) is 12.9. The van der Waals surface area contributed by atoms with Crippen molar-refractivity contribution in [1.29, 1.82) is 0 Å². The summed E-state index contributed by atoms with van der Waals surface area (Å²) in [5.74, 6) is 0. The first-order valence-electron chi connectivity index (χ1n) is 5.23. The minimum atomic E-state index is -0.650. The molecule has 0 bridgehead atoms. The van der Waals surface area contributed by atoms with Gasteiger partial charge in [0.25, 0.3) is 11.4 Å². The van der Waals surface area contributed by atoms with Crippen LogP contribution < -0.4 is 5.32 Å². The zero-order valence-electron chi connectivity index (χ0n) is 9.38. The lowest BCUT2D eigenvalue weighted by molar-refractivity contribution is -0.393. The van der Waals surface area contributed by atoms with Gasteiger partial charge in [0.1, 0.15) is 5.69 Å².